The third-order valence-corrected chi connectivity index (χ3v) is 5.65. The highest BCUT2D eigenvalue weighted by molar-refractivity contribution is 9.12. The lowest BCUT2D eigenvalue weighted by molar-refractivity contribution is -0.0282. The van der Waals surface area contributed by atoms with Crippen molar-refractivity contribution >= 4 is 43.2 Å². The molecule has 1 fully saturated rings. The van der Waals surface area contributed by atoms with Crippen LogP contribution >= 0.6 is 43.2 Å². The van der Waals surface area contributed by atoms with Gasteiger partial charge >= 0.3 is 0 Å². The van der Waals surface area contributed by atoms with Crippen molar-refractivity contribution in [2.24, 2.45) is 11.7 Å². The van der Waals surface area contributed by atoms with Crippen molar-refractivity contribution in [3.63, 3.8) is 0 Å². The van der Waals surface area contributed by atoms with Gasteiger partial charge in [-0.25, -0.2) is 0 Å². The van der Waals surface area contributed by atoms with Crippen LogP contribution in [0.3, 0.4) is 0 Å². The van der Waals surface area contributed by atoms with E-state index in [0.717, 1.165) is 26.5 Å². The van der Waals surface area contributed by atoms with Gasteiger partial charge in [0.25, 0.3) is 0 Å². The summed E-state index contributed by atoms with van der Waals surface area (Å²) >= 11 is 8.75. The third-order valence-electron chi connectivity index (χ3n) is 3.26. The molecule has 1 unspecified atom stereocenters. The van der Waals surface area contributed by atoms with Crippen LogP contribution < -0.4 is 5.73 Å². The third kappa shape index (κ3) is 3.53. The number of hydrogen-bond acceptors (Lipinski definition) is 3. The molecule has 1 heterocycles. The highest BCUT2D eigenvalue weighted by atomic mass is 79.9. The Labute approximate surface area is 123 Å². The lowest BCUT2D eigenvalue weighted by Gasteiger charge is -2.36. The van der Waals surface area contributed by atoms with Crippen molar-refractivity contribution in [3.05, 3.63) is 19.2 Å². The highest BCUT2D eigenvalue weighted by Crippen LogP contribution is 2.40. The summed E-state index contributed by atoms with van der Waals surface area (Å²) in [5.41, 5.74) is 7.48. The fourth-order valence-electron chi connectivity index (χ4n) is 2.33. The van der Waals surface area contributed by atoms with Crippen molar-refractivity contribution in [1.29, 1.82) is 0 Å². The minimum Gasteiger partial charge on any atom is -0.378 e. The summed E-state index contributed by atoms with van der Waals surface area (Å²) in [5, 5.41) is 0. The summed E-state index contributed by atoms with van der Waals surface area (Å²) in [6, 6.07) is 2.26. The molecule has 1 aliphatic rings. The van der Waals surface area contributed by atoms with Gasteiger partial charge in [-0.2, -0.15) is 0 Å². The average molecular weight is 383 g/mol. The molecule has 1 aliphatic carbocycles. The molecule has 1 aromatic rings. The molecule has 0 saturated heterocycles. The first-order chi connectivity index (χ1) is 8.10. The first-order valence-corrected chi connectivity index (χ1v) is 8.32. The number of ether oxygens (including phenoxy) is 1. The van der Waals surface area contributed by atoms with Crippen LogP contribution in [0.4, 0.5) is 0 Å². The Bertz CT molecular complexity index is 377. The Morgan fingerprint density at radius 2 is 2.24 bits per heavy atom. The molecule has 1 saturated carbocycles. The normalized spacial score (nSPS) is 25.6. The molecule has 5 heteroatoms. The lowest BCUT2D eigenvalue weighted by atomic mass is 9.77. The van der Waals surface area contributed by atoms with E-state index < -0.39 is 0 Å². The van der Waals surface area contributed by atoms with Crippen LogP contribution in [0, 0.1) is 5.92 Å². The molecule has 1 atom stereocenters. The maximum Gasteiger partial charge on any atom is 0.0758 e. The van der Waals surface area contributed by atoms with Gasteiger partial charge < -0.3 is 10.5 Å². The molecule has 0 radical (unpaired) electrons. The molecule has 0 amide bonds. The molecule has 2 nitrogen and oxygen atoms in total. The average Bonchev–Trinajstić information content (AvgIpc) is 2.54. The van der Waals surface area contributed by atoms with Crippen molar-refractivity contribution in [3.8, 4) is 0 Å². The van der Waals surface area contributed by atoms with E-state index >= 15 is 0 Å². The monoisotopic (exact) mass is 381 g/mol. The van der Waals surface area contributed by atoms with E-state index in [9.17, 15) is 0 Å². The summed E-state index contributed by atoms with van der Waals surface area (Å²) in [7, 11) is 0. The van der Waals surface area contributed by atoms with Gasteiger partial charge in [-0.05, 0) is 75.6 Å². The van der Waals surface area contributed by atoms with E-state index in [-0.39, 0.29) is 6.04 Å². The zero-order valence-electron chi connectivity index (χ0n) is 9.79. The fourth-order valence-corrected chi connectivity index (χ4v) is 5.33. The maximum atomic E-state index is 6.25. The van der Waals surface area contributed by atoms with Crippen LogP contribution in [-0.2, 0) is 4.74 Å². The fraction of sp³-hybridized carbons (Fsp3) is 0.667. The number of nitrogens with two attached hydrogens (primary N) is 1. The number of hydrogen-bond donors (Lipinski definition) is 1. The Balaban J connectivity index is 1.82. The summed E-state index contributed by atoms with van der Waals surface area (Å²) in [6.07, 6.45) is 3.88. The zero-order chi connectivity index (χ0) is 12.4. The molecule has 0 spiro atoms. The SMILES string of the molecule is CCOC1CC(CC(N)c2cc(Br)sc2Br)C1. The van der Waals surface area contributed by atoms with Crippen LogP contribution in [0.25, 0.3) is 0 Å². The minimum absolute atomic E-state index is 0.138. The standard InChI is InChI=1S/C12H17Br2NOS/c1-2-16-8-3-7(4-8)5-10(15)9-6-11(13)17-12(9)14/h6-8,10H,2-5,15H2,1H3. The summed E-state index contributed by atoms with van der Waals surface area (Å²) in [4.78, 5) is 0. The molecule has 2 N–H and O–H groups in total. The second-order valence-corrected chi connectivity index (χ2v) is 8.29. The van der Waals surface area contributed by atoms with Gasteiger partial charge in [0.1, 0.15) is 0 Å². The van der Waals surface area contributed by atoms with Crippen molar-refractivity contribution in [2.75, 3.05) is 6.61 Å². The molecule has 0 aromatic carbocycles. The Morgan fingerprint density at radius 3 is 2.76 bits per heavy atom. The summed E-state index contributed by atoms with van der Waals surface area (Å²) in [6.45, 7) is 2.88. The van der Waals surface area contributed by atoms with Gasteiger partial charge in [-0.3, -0.25) is 0 Å². The smallest absolute Gasteiger partial charge is 0.0758 e. The van der Waals surface area contributed by atoms with Crippen molar-refractivity contribution in [2.45, 2.75) is 38.3 Å². The Kier molecular flexibility index (Phi) is 5.06. The molecular formula is C12H17Br2NOS. The molecular weight excluding hydrogens is 366 g/mol. The summed E-state index contributed by atoms with van der Waals surface area (Å²) < 4.78 is 7.85. The molecule has 2 rings (SSSR count). The molecule has 17 heavy (non-hydrogen) atoms. The molecule has 0 aliphatic heterocycles. The topological polar surface area (TPSA) is 35.2 Å². The molecule has 96 valence electrons. The zero-order valence-corrected chi connectivity index (χ0v) is 13.8. The van der Waals surface area contributed by atoms with E-state index in [1.165, 1.54) is 18.4 Å². The minimum atomic E-state index is 0.138. The second kappa shape index (κ2) is 6.15. The lowest BCUT2D eigenvalue weighted by Crippen LogP contribution is -2.33. The predicted octanol–water partition coefficient (Wildman–Crippen LogP) is 4.48. The van der Waals surface area contributed by atoms with E-state index in [1.807, 2.05) is 0 Å². The Hall–Kier alpha value is 0.580. The first kappa shape index (κ1) is 14.0. The quantitative estimate of drug-likeness (QED) is 0.814. The number of rotatable bonds is 5. The van der Waals surface area contributed by atoms with Gasteiger partial charge in [0, 0.05) is 12.6 Å². The largest absolute Gasteiger partial charge is 0.378 e. The van der Waals surface area contributed by atoms with E-state index in [2.05, 4.69) is 44.8 Å². The van der Waals surface area contributed by atoms with Crippen molar-refractivity contribution < 1.29 is 4.74 Å². The van der Waals surface area contributed by atoms with Gasteiger partial charge in [-0.15, -0.1) is 11.3 Å². The van der Waals surface area contributed by atoms with Gasteiger partial charge in [0.05, 0.1) is 13.7 Å². The highest BCUT2D eigenvalue weighted by Gasteiger charge is 2.31. The number of thiophene rings is 1. The van der Waals surface area contributed by atoms with Gasteiger partial charge in [-0.1, -0.05) is 0 Å². The maximum absolute atomic E-state index is 6.25. The van der Waals surface area contributed by atoms with Crippen LogP contribution in [-0.4, -0.2) is 12.7 Å². The Morgan fingerprint density at radius 1 is 1.53 bits per heavy atom. The number of halogens is 2. The van der Waals surface area contributed by atoms with E-state index in [4.69, 9.17) is 10.5 Å². The van der Waals surface area contributed by atoms with Gasteiger partial charge in [0.2, 0.25) is 0 Å². The van der Waals surface area contributed by atoms with Crippen LogP contribution in [0.2, 0.25) is 0 Å². The molecule has 0 bridgehead atoms. The van der Waals surface area contributed by atoms with Gasteiger partial charge in [0.15, 0.2) is 0 Å². The predicted molar refractivity (Wildman–Crippen MR) is 79.4 cm³/mol. The van der Waals surface area contributed by atoms with Crippen molar-refractivity contribution in [1.82, 2.24) is 0 Å². The first-order valence-electron chi connectivity index (χ1n) is 5.92. The van der Waals surface area contributed by atoms with E-state index in [0.29, 0.717) is 6.10 Å². The van der Waals surface area contributed by atoms with Crippen LogP contribution in [0.15, 0.2) is 13.6 Å². The molecule has 1 aromatic heterocycles. The van der Waals surface area contributed by atoms with Crippen LogP contribution in [0.1, 0.15) is 37.8 Å². The summed E-state index contributed by atoms with van der Waals surface area (Å²) in [5.74, 6) is 0.729. The van der Waals surface area contributed by atoms with Crippen LogP contribution in [0.5, 0.6) is 0 Å². The van der Waals surface area contributed by atoms with E-state index in [1.54, 1.807) is 11.3 Å². The second-order valence-electron chi connectivity index (χ2n) is 4.54.